The van der Waals surface area contributed by atoms with Gasteiger partial charge in [0.2, 0.25) is 0 Å². The fraction of sp³-hybridized carbons (Fsp3) is 0. The molecule has 0 saturated carbocycles. The second kappa shape index (κ2) is 12.1. The number of carbonyl (C=O) groups excluding carboxylic acids is 4. The highest BCUT2D eigenvalue weighted by Gasteiger charge is 2.38. The zero-order chi connectivity index (χ0) is 39.0. The number of ether oxygens (including phenoxy) is 1. The smallest absolute Gasteiger partial charge is 0.270 e. The predicted molar refractivity (Wildman–Crippen MR) is 190 cm³/mol. The number of hydrogen-bond acceptors (Lipinski definition) is 13. The van der Waals surface area contributed by atoms with Crippen LogP contribution in [0.25, 0.3) is 21.5 Å². The molecule has 0 fully saturated rings. The van der Waals surface area contributed by atoms with Crippen LogP contribution in [0.15, 0.2) is 97.1 Å². The number of benzene rings is 6. The highest BCUT2D eigenvalue weighted by Crippen LogP contribution is 2.40. The molecule has 0 aliphatic carbocycles. The van der Waals surface area contributed by atoms with Crippen LogP contribution >= 0.6 is 0 Å². The third-order valence-electron chi connectivity index (χ3n) is 9.04. The maximum Gasteiger partial charge on any atom is 0.270 e. The average molecular weight is 741 g/mol. The molecule has 0 atom stereocenters. The molecule has 0 unspecified atom stereocenters. The number of nitrogens with zero attached hydrogens (tertiary/aromatic N) is 6. The molecular formula is C36H16N6O13. The van der Waals surface area contributed by atoms with E-state index in [9.17, 15) is 59.6 Å². The maximum atomic E-state index is 13.6. The quantitative estimate of drug-likeness (QED) is 0.0864. The largest absolute Gasteiger partial charge is 0.457 e. The summed E-state index contributed by atoms with van der Waals surface area (Å²) in [5.41, 5.74) is -2.77. The van der Waals surface area contributed by atoms with Crippen molar-refractivity contribution in [1.82, 2.24) is 0 Å². The summed E-state index contributed by atoms with van der Waals surface area (Å²) in [5, 5.41) is 46.5. The highest BCUT2D eigenvalue weighted by atomic mass is 16.6. The Balaban J connectivity index is 1.07. The zero-order valence-electron chi connectivity index (χ0n) is 27.2. The molecule has 6 aromatic carbocycles. The van der Waals surface area contributed by atoms with Crippen LogP contribution in [0.3, 0.4) is 0 Å². The van der Waals surface area contributed by atoms with Gasteiger partial charge in [-0.05, 0) is 59.3 Å². The number of imide groups is 2. The van der Waals surface area contributed by atoms with Gasteiger partial charge in [-0.2, -0.15) is 0 Å². The minimum atomic E-state index is -0.894. The summed E-state index contributed by atoms with van der Waals surface area (Å²) >= 11 is 0. The SMILES string of the molecule is O=C1c2cc([N+](=O)[O-])cc3cc([N+](=O)[O-])cc(c23)C(=O)N1c1ccc(Oc2ccc(N3C(=O)c4cc([N+](=O)[O-])cc5cc([N+](=O)[O-])cc(c45)C3=O)cc2)cc1. The van der Waals surface area contributed by atoms with Crippen LogP contribution in [0.4, 0.5) is 34.1 Å². The number of non-ortho nitro benzene ring substituents is 4. The Labute approximate surface area is 303 Å². The Morgan fingerprint density at radius 1 is 0.400 bits per heavy atom. The molecule has 0 radical (unpaired) electrons. The minimum Gasteiger partial charge on any atom is -0.457 e. The Kier molecular flexibility index (Phi) is 7.37. The number of carbonyl (C=O) groups is 4. The Bertz CT molecular complexity index is 2510. The first-order valence-corrected chi connectivity index (χ1v) is 15.7. The monoisotopic (exact) mass is 740 g/mol. The van der Waals surface area contributed by atoms with Gasteiger partial charge in [0.25, 0.3) is 46.4 Å². The van der Waals surface area contributed by atoms with E-state index in [-0.39, 0.29) is 66.7 Å². The van der Waals surface area contributed by atoms with Gasteiger partial charge in [0.05, 0.1) is 53.3 Å². The molecule has 55 heavy (non-hydrogen) atoms. The minimum absolute atomic E-state index is 0.0198. The summed E-state index contributed by atoms with van der Waals surface area (Å²) in [6.45, 7) is 0. The molecule has 6 aromatic rings. The van der Waals surface area contributed by atoms with Crippen molar-refractivity contribution in [3.63, 3.8) is 0 Å². The Hall–Kier alpha value is -8.48. The first kappa shape index (κ1) is 33.7. The van der Waals surface area contributed by atoms with Crippen LogP contribution in [0.2, 0.25) is 0 Å². The number of amides is 4. The van der Waals surface area contributed by atoms with Gasteiger partial charge >= 0.3 is 0 Å². The van der Waals surface area contributed by atoms with Crippen LogP contribution in [0, 0.1) is 40.5 Å². The molecule has 4 amide bonds. The van der Waals surface area contributed by atoms with Gasteiger partial charge in [-0.15, -0.1) is 0 Å². The van der Waals surface area contributed by atoms with E-state index < -0.39 is 66.1 Å². The van der Waals surface area contributed by atoms with Crippen molar-refractivity contribution in [2.45, 2.75) is 0 Å². The molecule has 8 rings (SSSR count). The highest BCUT2D eigenvalue weighted by molar-refractivity contribution is 6.37. The van der Waals surface area contributed by atoms with E-state index in [1.165, 1.54) is 48.5 Å². The fourth-order valence-corrected chi connectivity index (χ4v) is 6.66. The lowest BCUT2D eigenvalue weighted by atomic mass is 9.92. The summed E-state index contributed by atoms with van der Waals surface area (Å²) in [7, 11) is 0. The van der Waals surface area contributed by atoms with Crippen LogP contribution in [-0.4, -0.2) is 43.3 Å². The van der Waals surface area contributed by atoms with Crippen molar-refractivity contribution >= 4 is 79.3 Å². The Morgan fingerprint density at radius 3 is 0.891 bits per heavy atom. The van der Waals surface area contributed by atoms with Gasteiger partial charge < -0.3 is 4.74 Å². The van der Waals surface area contributed by atoms with E-state index in [1.54, 1.807) is 0 Å². The third-order valence-corrected chi connectivity index (χ3v) is 9.04. The van der Waals surface area contributed by atoms with Gasteiger partial charge in [0.15, 0.2) is 0 Å². The van der Waals surface area contributed by atoms with E-state index in [2.05, 4.69) is 0 Å². The van der Waals surface area contributed by atoms with Crippen molar-refractivity contribution in [3.05, 3.63) is 160 Å². The third kappa shape index (κ3) is 5.30. The fourth-order valence-electron chi connectivity index (χ4n) is 6.66. The molecule has 2 aliphatic rings. The molecule has 2 aliphatic heterocycles. The van der Waals surface area contributed by atoms with E-state index in [0.29, 0.717) is 0 Å². The second-order valence-electron chi connectivity index (χ2n) is 12.2. The molecule has 19 nitrogen and oxygen atoms in total. The lowest BCUT2D eigenvalue weighted by molar-refractivity contribution is -0.385. The van der Waals surface area contributed by atoms with Gasteiger partial charge in [-0.25, -0.2) is 9.80 Å². The molecule has 0 spiro atoms. The normalized spacial score (nSPS) is 13.4. The topological polar surface area (TPSA) is 257 Å². The van der Waals surface area contributed by atoms with E-state index in [4.69, 9.17) is 4.74 Å². The summed E-state index contributed by atoms with van der Waals surface area (Å²) in [6, 6.07) is 19.1. The Morgan fingerprint density at radius 2 is 0.655 bits per heavy atom. The number of nitro benzene ring substituents is 4. The molecule has 19 heteroatoms. The first-order chi connectivity index (χ1) is 26.2. The van der Waals surface area contributed by atoms with Crippen molar-refractivity contribution in [1.29, 1.82) is 0 Å². The van der Waals surface area contributed by atoms with Crippen LogP contribution in [-0.2, 0) is 0 Å². The average Bonchev–Trinajstić information content (AvgIpc) is 3.16. The number of anilines is 2. The molecule has 2 heterocycles. The maximum absolute atomic E-state index is 13.6. The first-order valence-electron chi connectivity index (χ1n) is 15.7. The van der Waals surface area contributed by atoms with Crippen molar-refractivity contribution in [2.75, 3.05) is 9.80 Å². The van der Waals surface area contributed by atoms with Gasteiger partial charge in [-0.1, -0.05) is 0 Å². The lowest BCUT2D eigenvalue weighted by Crippen LogP contribution is -2.40. The standard InChI is InChI=1S/C36H16N6O13/c43-33-27-13-21(39(47)48)9-17-10-22(40(49)50)14-28(31(17)27)34(44)37(33)19-1-5-25(6-2-19)55-26-7-3-20(4-8-26)38-35(45)29-15-23(41(51)52)11-18-12-24(42(53)54)16-30(32(18)29)36(38)46/h1-16H. The number of rotatable bonds is 8. The van der Waals surface area contributed by atoms with E-state index in [1.807, 2.05) is 0 Å². The molecule has 0 saturated heterocycles. The van der Waals surface area contributed by atoms with Crippen LogP contribution < -0.4 is 14.5 Å². The van der Waals surface area contributed by atoms with Crippen molar-refractivity contribution in [2.24, 2.45) is 0 Å². The molecule has 0 bridgehead atoms. The van der Waals surface area contributed by atoms with Crippen molar-refractivity contribution < 1.29 is 43.6 Å². The van der Waals surface area contributed by atoms with E-state index in [0.717, 1.165) is 58.3 Å². The van der Waals surface area contributed by atoms with Crippen molar-refractivity contribution in [3.8, 4) is 11.5 Å². The predicted octanol–water partition coefficient (Wildman–Crippen LogP) is 7.02. The zero-order valence-corrected chi connectivity index (χ0v) is 27.2. The summed E-state index contributed by atoms with van der Waals surface area (Å²) in [5.74, 6) is -3.20. The molecule has 0 aromatic heterocycles. The van der Waals surface area contributed by atoms with Crippen LogP contribution in [0.1, 0.15) is 41.4 Å². The van der Waals surface area contributed by atoms with Gasteiger partial charge in [0.1, 0.15) is 11.5 Å². The van der Waals surface area contributed by atoms with Crippen LogP contribution in [0.5, 0.6) is 11.5 Å². The van der Waals surface area contributed by atoms with E-state index >= 15 is 0 Å². The lowest BCUT2D eigenvalue weighted by Gasteiger charge is -2.27. The molecular weight excluding hydrogens is 724 g/mol. The van der Waals surface area contributed by atoms with Gasteiger partial charge in [0, 0.05) is 59.3 Å². The number of hydrogen-bond donors (Lipinski definition) is 0. The summed E-state index contributed by atoms with van der Waals surface area (Å²) in [6.07, 6.45) is 0. The molecule has 0 N–H and O–H groups in total. The number of nitro groups is 4. The molecule has 268 valence electrons. The second-order valence-corrected chi connectivity index (χ2v) is 12.2. The van der Waals surface area contributed by atoms with Gasteiger partial charge in [-0.3, -0.25) is 59.6 Å². The summed E-state index contributed by atoms with van der Waals surface area (Å²) in [4.78, 5) is 99.3. The summed E-state index contributed by atoms with van der Waals surface area (Å²) < 4.78 is 5.87.